The third kappa shape index (κ3) is 4.68. The van der Waals surface area contributed by atoms with Crippen molar-refractivity contribution in [3.8, 4) is 11.3 Å². The van der Waals surface area contributed by atoms with Crippen molar-refractivity contribution < 1.29 is 14.2 Å². The summed E-state index contributed by atoms with van der Waals surface area (Å²) in [5.74, 6) is -0.260. The van der Waals surface area contributed by atoms with Crippen molar-refractivity contribution in [1.29, 1.82) is 0 Å². The zero-order valence-corrected chi connectivity index (χ0v) is 18.0. The number of benzene rings is 2. The van der Waals surface area contributed by atoms with Crippen LogP contribution in [0.25, 0.3) is 22.2 Å². The minimum absolute atomic E-state index is 0.108. The number of rotatable bonds is 6. The third-order valence-electron chi connectivity index (χ3n) is 5.41. The molecule has 1 aromatic heterocycles. The van der Waals surface area contributed by atoms with Gasteiger partial charge in [-0.2, -0.15) is 0 Å². The average molecular weight is 432 g/mol. The highest BCUT2D eigenvalue weighted by Crippen LogP contribution is 2.31. The number of halogens is 1. The van der Waals surface area contributed by atoms with Crippen LogP contribution in [-0.2, 0) is 11.2 Å². The predicted molar refractivity (Wildman–Crippen MR) is 126 cm³/mol. The van der Waals surface area contributed by atoms with Crippen LogP contribution in [0.3, 0.4) is 0 Å². The number of morpholine rings is 1. The lowest BCUT2D eigenvalue weighted by Gasteiger charge is -2.29. The van der Waals surface area contributed by atoms with Gasteiger partial charge in [0, 0.05) is 42.4 Å². The van der Waals surface area contributed by atoms with E-state index in [2.05, 4.69) is 26.4 Å². The number of aliphatic hydroxyl groups is 1. The quantitative estimate of drug-likeness (QED) is 0.445. The molecule has 0 spiro atoms. The fraction of sp³-hybridized carbons (Fsp3) is 0.240. The number of allylic oxidation sites excluding steroid dienone is 3. The van der Waals surface area contributed by atoms with Crippen LogP contribution in [0.15, 0.2) is 71.8 Å². The molecule has 6 nitrogen and oxygen atoms in total. The zero-order valence-electron chi connectivity index (χ0n) is 18.0. The molecule has 1 N–H and O–H groups in total. The number of hydrogen-bond donors (Lipinski definition) is 1. The fourth-order valence-electron chi connectivity index (χ4n) is 3.75. The van der Waals surface area contributed by atoms with E-state index in [1.165, 1.54) is 24.7 Å². The number of aliphatic hydroxyl groups excluding tert-OH is 1. The highest BCUT2D eigenvalue weighted by molar-refractivity contribution is 5.94. The van der Waals surface area contributed by atoms with Crippen molar-refractivity contribution >= 4 is 22.8 Å². The number of fused-ring (bicyclic) bond motifs is 1. The summed E-state index contributed by atoms with van der Waals surface area (Å²) in [5, 5.41) is 10.7. The SMILES string of the molecule is C=C/C=N\C(Cc1ccc(F)c(-c2ncnc3cc(N4CCOCC4)ccc23)c1)=C(/C)O. The normalized spacial score (nSPS) is 15.2. The first-order valence-electron chi connectivity index (χ1n) is 10.5. The monoisotopic (exact) mass is 432 g/mol. The molecule has 1 saturated heterocycles. The molecule has 3 aromatic rings. The van der Waals surface area contributed by atoms with E-state index in [-0.39, 0.29) is 11.6 Å². The number of ether oxygens (including phenoxy) is 1. The Balaban J connectivity index is 1.72. The Morgan fingerprint density at radius 1 is 1.22 bits per heavy atom. The maximum atomic E-state index is 14.9. The van der Waals surface area contributed by atoms with Gasteiger partial charge in [-0.25, -0.2) is 14.4 Å². The number of aliphatic imine (C=N–C) groups is 1. The molecule has 1 aliphatic rings. The lowest BCUT2D eigenvalue weighted by molar-refractivity contribution is 0.122. The molecule has 1 fully saturated rings. The van der Waals surface area contributed by atoms with E-state index >= 15 is 0 Å². The first-order chi connectivity index (χ1) is 15.6. The van der Waals surface area contributed by atoms with E-state index < -0.39 is 0 Å². The minimum Gasteiger partial charge on any atom is -0.511 e. The summed E-state index contributed by atoms with van der Waals surface area (Å²) in [5.41, 5.74) is 4.03. The molecule has 0 bridgehead atoms. The van der Waals surface area contributed by atoms with Crippen LogP contribution in [0.1, 0.15) is 12.5 Å². The van der Waals surface area contributed by atoms with Crippen LogP contribution in [0.2, 0.25) is 0 Å². The predicted octanol–water partition coefficient (Wildman–Crippen LogP) is 4.86. The van der Waals surface area contributed by atoms with Gasteiger partial charge in [0.25, 0.3) is 0 Å². The fourth-order valence-corrected chi connectivity index (χ4v) is 3.75. The average Bonchev–Trinajstić information content (AvgIpc) is 2.82. The van der Waals surface area contributed by atoms with Crippen molar-refractivity contribution in [3.05, 3.63) is 78.2 Å². The van der Waals surface area contributed by atoms with Crippen molar-refractivity contribution in [2.75, 3.05) is 31.2 Å². The van der Waals surface area contributed by atoms with Crippen LogP contribution >= 0.6 is 0 Å². The maximum Gasteiger partial charge on any atom is 0.132 e. The van der Waals surface area contributed by atoms with E-state index in [1.54, 1.807) is 19.1 Å². The third-order valence-corrected chi connectivity index (χ3v) is 5.41. The second-order valence-electron chi connectivity index (χ2n) is 7.56. The van der Waals surface area contributed by atoms with E-state index in [9.17, 15) is 9.50 Å². The highest BCUT2D eigenvalue weighted by atomic mass is 19.1. The number of aromatic nitrogens is 2. The van der Waals surface area contributed by atoms with Gasteiger partial charge in [-0.3, -0.25) is 4.99 Å². The van der Waals surface area contributed by atoms with Gasteiger partial charge in [-0.15, -0.1) is 0 Å². The van der Waals surface area contributed by atoms with Crippen LogP contribution in [0.5, 0.6) is 0 Å². The summed E-state index contributed by atoms with van der Waals surface area (Å²) < 4.78 is 20.3. The molecular weight excluding hydrogens is 407 g/mol. The molecule has 164 valence electrons. The Bertz CT molecular complexity index is 1200. The first kappa shape index (κ1) is 21.6. The Morgan fingerprint density at radius 2 is 2.03 bits per heavy atom. The largest absolute Gasteiger partial charge is 0.511 e. The van der Waals surface area contributed by atoms with Gasteiger partial charge in [0.05, 0.1) is 30.1 Å². The standard InChI is InChI=1S/C25H25FN4O2/c1-3-8-27-23(17(2)31)14-18-4-7-22(26)21(13-18)25-20-6-5-19(15-24(20)28-16-29-25)30-9-11-32-12-10-30/h3-8,13,15-16,31H,1,9-12,14H2,2H3/b23-17+,27-8-. The molecule has 7 heteroatoms. The molecule has 0 saturated carbocycles. The van der Waals surface area contributed by atoms with Crippen LogP contribution in [-0.4, -0.2) is 47.6 Å². The Morgan fingerprint density at radius 3 is 2.78 bits per heavy atom. The Hall–Kier alpha value is -3.58. The molecule has 2 heterocycles. The van der Waals surface area contributed by atoms with Crippen molar-refractivity contribution in [3.63, 3.8) is 0 Å². The second kappa shape index (κ2) is 9.70. The van der Waals surface area contributed by atoms with Crippen molar-refractivity contribution in [1.82, 2.24) is 9.97 Å². The van der Waals surface area contributed by atoms with E-state index in [1.807, 2.05) is 18.2 Å². The van der Waals surface area contributed by atoms with Crippen LogP contribution < -0.4 is 4.90 Å². The van der Waals surface area contributed by atoms with Gasteiger partial charge in [0.1, 0.15) is 17.9 Å². The van der Waals surface area contributed by atoms with Gasteiger partial charge >= 0.3 is 0 Å². The van der Waals surface area contributed by atoms with E-state index in [4.69, 9.17) is 4.74 Å². The molecule has 0 aliphatic carbocycles. The minimum atomic E-state index is -0.369. The first-order valence-corrected chi connectivity index (χ1v) is 10.5. The highest BCUT2D eigenvalue weighted by Gasteiger charge is 2.16. The van der Waals surface area contributed by atoms with E-state index in [0.717, 1.165) is 35.2 Å². The van der Waals surface area contributed by atoms with Crippen LogP contribution in [0.4, 0.5) is 10.1 Å². The van der Waals surface area contributed by atoms with Gasteiger partial charge in [0.2, 0.25) is 0 Å². The summed E-state index contributed by atoms with van der Waals surface area (Å²) in [6.45, 7) is 8.23. The summed E-state index contributed by atoms with van der Waals surface area (Å²) in [4.78, 5) is 15.3. The van der Waals surface area contributed by atoms with Crippen molar-refractivity contribution in [2.45, 2.75) is 13.3 Å². The summed E-state index contributed by atoms with van der Waals surface area (Å²) >= 11 is 0. The molecule has 1 aliphatic heterocycles. The molecular formula is C25H25FN4O2. The summed E-state index contributed by atoms with van der Waals surface area (Å²) in [6.07, 6.45) is 4.87. The molecule has 0 unspecified atom stereocenters. The Labute approximate surface area is 186 Å². The van der Waals surface area contributed by atoms with Gasteiger partial charge < -0.3 is 14.7 Å². The number of hydrogen-bond acceptors (Lipinski definition) is 6. The lowest BCUT2D eigenvalue weighted by atomic mass is 10.0. The molecule has 0 atom stereocenters. The molecule has 2 aromatic carbocycles. The molecule has 0 amide bonds. The number of anilines is 1. The van der Waals surface area contributed by atoms with Gasteiger partial charge in [-0.1, -0.05) is 18.7 Å². The zero-order chi connectivity index (χ0) is 22.5. The smallest absolute Gasteiger partial charge is 0.132 e. The molecule has 32 heavy (non-hydrogen) atoms. The van der Waals surface area contributed by atoms with Gasteiger partial charge in [-0.05, 0) is 42.8 Å². The van der Waals surface area contributed by atoms with Crippen LogP contribution in [0, 0.1) is 5.82 Å². The number of nitrogens with zero attached hydrogens (tertiary/aromatic N) is 4. The van der Waals surface area contributed by atoms with Gasteiger partial charge in [0.15, 0.2) is 0 Å². The Kier molecular flexibility index (Phi) is 6.56. The van der Waals surface area contributed by atoms with Crippen molar-refractivity contribution in [2.24, 2.45) is 4.99 Å². The molecule has 4 rings (SSSR count). The summed E-state index contributed by atoms with van der Waals surface area (Å²) in [7, 11) is 0. The topological polar surface area (TPSA) is 70.8 Å². The van der Waals surface area contributed by atoms with E-state index in [0.29, 0.717) is 36.6 Å². The lowest BCUT2D eigenvalue weighted by Crippen LogP contribution is -2.36. The second-order valence-corrected chi connectivity index (χ2v) is 7.56. The maximum absolute atomic E-state index is 14.9. The summed E-state index contributed by atoms with van der Waals surface area (Å²) in [6, 6.07) is 10.8. The molecule has 0 radical (unpaired) electrons.